The molecule has 70 valence electrons. The summed E-state index contributed by atoms with van der Waals surface area (Å²) in [7, 11) is 1.67. The molecule has 2 nitrogen and oxygen atoms in total. The number of nitrogens with two attached hydrogens (primary N) is 1. The van der Waals surface area contributed by atoms with Crippen LogP contribution in [0.3, 0.4) is 0 Å². The van der Waals surface area contributed by atoms with Gasteiger partial charge in [-0.3, -0.25) is 0 Å². The van der Waals surface area contributed by atoms with Gasteiger partial charge >= 0.3 is 0 Å². The summed E-state index contributed by atoms with van der Waals surface area (Å²) in [6, 6.07) is 4.15. The maximum atomic E-state index is 5.83. The van der Waals surface area contributed by atoms with Crippen LogP contribution < -0.4 is 10.5 Å². The Morgan fingerprint density at radius 1 is 1.15 bits per heavy atom. The third-order valence-electron chi connectivity index (χ3n) is 2.69. The molecule has 0 fully saturated rings. The molecule has 2 heteroatoms. The Bertz CT molecular complexity index is 320. The van der Waals surface area contributed by atoms with E-state index in [1.165, 1.54) is 36.8 Å². The van der Waals surface area contributed by atoms with Gasteiger partial charge in [0.1, 0.15) is 5.75 Å². The van der Waals surface area contributed by atoms with Crippen molar-refractivity contribution in [2.75, 3.05) is 12.8 Å². The topological polar surface area (TPSA) is 35.2 Å². The fourth-order valence-corrected chi connectivity index (χ4v) is 1.96. The number of hydrogen-bond donors (Lipinski definition) is 1. The van der Waals surface area contributed by atoms with E-state index < -0.39 is 0 Å². The SMILES string of the molecule is COc1cc2c(cc1N)CCCC2. The second kappa shape index (κ2) is 3.29. The highest BCUT2D eigenvalue weighted by Gasteiger charge is 2.11. The lowest BCUT2D eigenvalue weighted by atomic mass is 9.91. The molecule has 0 bridgehead atoms. The monoisotopic (exact) mass is 177 g/mol. The second-order valence-corrected chi connectivity index (χ2v) is 3.57. The zero-order valence-corrected chi connectivity index (χ0v) is 7.97. The molecule has 0 heterocycles. The average Bonchev–Trinajstić information content (AvgIpc) is 2.17. The molecule has 0 aromatic heterocycles. The smallest absolute Gasteiger partial charge is 0.142 e. The van der Waals surface area contributed by atoms with E-state index in [0.29, 0.717) is 0 Å². The second-order valence-electron chi connectivity index (χ2n) is 3.57. The van der Waals surface area contributed by atoms with Crippen LogP contribution in [0.5, 0.6) is 5.75 Å². The van der Waals surface area contributed by atoms with E-state index in [9.17, 15) is 0 Å². The zero-order valence-electron chi connectivity index (χ0n) is 7.97. The summed E-state index contributed by atoms with van der Waals surface area (Å²) in [5.74, 6) is 0.820. The Kier molecular flexibility index (Phi) is 2.13. The summed E-state index contributed by atoms with van der Waals surface area (Å²) in [5.41, 5.74) is 9.42. The number of hydrogen-bond acceptors (Lipinski definition) is 2. The van der Waals surface area contributed by atoms with Gasteiger partial charge < -0.3 is 10.5 Å². The van der Waals surface area contributed by atoms with Gasteiger partial charge in [-0.15, -0.1) is 0 Å². The van der Waals surface area contributed by atoms with Crippen LogP contribution in [0.15, 0.2) is 12.1 Å². The Hall–Kier alpha value is -1.18. The van der Waals surface area contributed by atoms with Gasteiger partial charge in [-0.1, -0.05) is 0 Å². The highest BCUT2D eigenvalue weighted by atomic mass is 16.5. The van der Waals surface area contributed by atoms with Gasteiger partial charge in [0.15, 0.2) is 0 Å². The number of nitrogen functional groups attached to an aromatic ring is 1. The van der Waals surface area contributed by atoms with Gasteiger partial charge in [-0.05, 0) is 48.9 Å². The van der Waals surface area contributed by atoms with Crippen molar-refractivity contribution >= 4 is 5.69 Å². The van der Waals surface area contributed by atoms with E-state index in [1.54, 1.807) is 7.11 Å². The van der Waals surface area contributed by atoms with Crippen LogP contribution in [0.1, 0.15) is 24.0 Å². The van der Waals surface area contributed by atoms with Gasteiger partial charge in [0.05, 0.1) is 12.8 Å². The molecule has 1 aliphatic rings. The maximum Gasteiger partial charge on any atom is 0.142 e. The summed E-state index contributed by atoms with van der Waals surface area (Å²) in [6.07, 6.45) is 4.92. The molecule has 0 saturated heterocycles. The van der Waals surface area contributed by atoms with Crippen LogP contribution in [0.2, 0.25) is 0 Å². The van der Waals surface area contributed by atoms with Crippen LogP contribution in [0.4, 0.5) is 5.69 Å². The van der Waals surface area contributed by atoms with Gasteiger partial charge in [0.2, 0.25) is 0 Å². The summed E-state index contributed by atoms with van der Waals surface area (Å²) >= 11 is 0. The van der Waals surface area contributed by atoms with Crippen LogP contribution in [0.25, 0.3) is 0 Å². The quantitative estimate of drug-likeness (QED) is 0.667. The van der Waals surface area contributed by atoms with Crippen molar-refractivity contribution in [3.8, 4) is 5.75 Å². The third kappa shape index (κ3) is 1.48. The number of fused-ring (bicyclic) bond motifs is 1. The minimum Gasteiger partial charge on any atom is -0.495 e. The summed E-state index contributed by atoms with van der Waals surface area (Å²) in [6.45, 7) is 0. The molecule has 0 radical (unpaired) electrons. The van der Waals surface area contributed by atoms with Crippen molar-refractivity contribution in [3.63, 3.8) is 0 Å². The molecular weight excluding hydrogens is 162 g/mol. The summed E-state index contributed by atoms with van der Waals surface area (Å²) in [4.78, 5) is 0. The summed E-state index contributed by atoms with van der Waals surface area (Å²) in [5, 5.41) is 0. The van der Waals surface area contributed by atoms with E-state index in [0.717, 1.165) is 11.4 Å². The fourth-order valence-electron chi connectivity index (χ4n) is 1.96. The van der Waals surface area contributed by atoms with Gasteiger partial charge in [-0.25, -0.2) is 0 Å². The van der Waals surface area contributed by atoms with E-state index in [-0.39, 0.29) is 0 Å². The fraction of sp³-hybridized carbons (Fsp3) is 0.455. The zero-order chi connectivity index (χ0) is 9.26. The first-order valence-electron chi connectivity index (χ1n) is 4.76. The molecule has 0 amide bonds. The normalized spacial score (nSPS) is 15.2. The molecule has 2 rings (SSSR count). The molecule has 1 aromatic carbocycles. The minimum atomic E-state index is 0.767. The predicted octanol–water partition coefficient (Wildman–Crippen LogP) is 2.16. The molecule has 0 aliphatic heterocycles. The van der Waals surface area contributed by atoms with Gasteiger partial charge in [0, 0.05) is 0 Å². The average molecular weight is 177 g/mol. The third-order valence-corrected chi connectivity index (χ3v) is 2.69. The number of methoxy groups -OCH3 is 1. The Labute approximate surface area is 78.7 Å². The van der Waals surface area contributed by atoms with E-state index in [1.807, 2.05) is 0 Å². The standard InChI is InChI=1S/C11H15NO/c1-13-11-7-9-5-3-2-4-8(9)6-10(11)12/h6-7H,2-5,12H2,1H3. The molecule has 0 unspecified atom stereocenters. The number of benzene rings is 1. The first-order valence-corrected chi connectivity index (χ1v) is 4.76. The van der Waals surface area contributed by atoms with E-state index in [2.05, 4.69) is 12.1 Å². The van der Waals surface area contributed by atoms with Crippen LogP contribution in [0, 0.1) is 0 Å². The van der Waals surface area contributed by atoms with Crippen molar-refractivity contribution in [1.29, 1.82) is 0 Å². The van der Waals surface area contributed by atoms with Crippen molar-refractivity contribution < 1.29 is 4.74 Å². The lowest BCUT2D eigenvalue weighted by Crippen LogP contribution is -2.04. The van der Waals surface area contributed by atoms with Crippen LogP contribution in [-0.4, -0.2) is 7.11 Å². The molecule has 0 saturated carbocycles. The molecule has 1 aliphatic carbocycles. The van der Waals surface area contributed by atoms with Crippen molar-refractivity contribution in [3.05, 3.63) is 23.3 Å². The van der Waals surface area contributed by atoms with Crippen molar-refractivity contribution in [1.82, 2.24) is 0 Å². The Balaban J connectivity index is 2.44. The van der Waals surface area contributed by atoms with Crippen molar-refractivity contribution in [2.24, 2.45) is 0 Å². The summed E-state index contributed by atoms with van der Waals surface area (Å²) < 4.78 is 5.19. The predicted molar refractivity (Wildman–Crippen MR) is 54.0 cm³/mol. The molecule has 1 aromatic rings. The lowest BCUT2D eigenvalue weighted by molar-refractivity contribution is 0.416. The Morgan fingerprint density at radius 2 is 1.77 bits per heavy atom. The van der Waals surface area contributed by atoms with Gasteiger partial charge in [0.25, 0.3) is 0 Å². The maximum absolute atomic E-state index is 5.83. The lowest BCUT2D eigenvalue weighted by Gasteiger charge is -2.17. The molecule has 0 spiro atoms. The molecule has 0 atom stereocenters. The number of anilines is 1. The van der Waals surface area contributed by atoms with E-state index >= 15 is 0 Å². The first-order chi connectivity index (χ1) is 6.31. The number of rotatable bonds is 1. The number of aryl methyl sites for hydroxylation is 2. The van der Waals surface area contributed by atoms with Crippen LogP contribution in [-0.2, 0) is 12.8 Å². The van der Waals surface area contributed by atoms with Crippen molar-refractivity contribution in [2.45, 2.75) is 25.7 Å². The minimum absolute atomic E-state index is 0.767. The highest BCUT2D eigenvalue weighted by molar-refractivity contribution is 5.57. The van der Waals surface area contributed by atoms with E-state index in [4.69, 9.17) is 10.5 Å². The molecular formula is C11H15NO. The highest BCUT2D eigenvalue weighted by Crippen LogP contribution is 2.30. The Morgan fingerprint density at radius 3 is 2.38 bits per heavy atom. The largest absolute Gasteiger partial charge is 0.495 e. The first kappa shape index (κ1) is 8.42. The molecule has 2 N–H and O–H groups in total. The molecule has 13 heavy (non-hydrogen) atoms. The van der Waals surface area contributed by atoms with Crippen LogP contribution >= 0.6 is 0 Å². The van der Waals surface area contributed by atoms with Gasteiger partial charge in [-0.2, -0.15) is 0 Å². The number of ether oxygens (including phenoxy) is 1.